The Morgan fingerprint density at radius 2 is 1.81 bits per heavy atom. The lowest BCUT2D eigenvalue weighted by molar-refractivity contribution is -0.200. The number of ether oxygens (including phenoxy) is 3. The topological polar surface area (TPSA) is 56.8 Å². The fourth-order valence-corrected chi connectivity index (χ4v) is 4.24. The van der Waals surface area contributed by atoms with Crippen LogP contribution in [0.3, 0.4) is 0 Å². The summed E-state index contributed by atoms with van der Waals surface area (Å²) in [5.41, 5.74) is 0.665. The molecule has 2 unspecified atom stereocenters. The highest BCUT2D eigenvalue weighted by atomic mass is 35.5. The van der Waals surface area contributed by atoms with E-state index in [1.54, 1.807) is 0 Å². The lowest BCUT2D eigenvalue weighted by Gasteiger charge is -2.38. The Kier molecular flexibility index (Phi) is 5.44. The zero-order valence-corrected chi connectivity index (χ0v) is 17.1. The SMILES string of the molecule is CC1=CC=C(Cl)C2O[C@@](C)([C@H]3CC[C@H](NC(=O)OC(C)(C)C)CC3)OC12. The minimum absolute atomic E-state index is 0.102. The molecule has 3 atom stereocenters. The van der Waals surface area contributed by atoms with Crippen molar-refractivity contribution in [2.75, 3.05) is 0 Å². The van der Waals surface area contributed by atoms with Gasteiger partial charge in [0.1, 0.15) is 17.8 Å². The monoisotopic (exact) mass is 383 g/mol. The molecule has 1 saturated carbocycles. The molecule has 1 saturated heterocycles. The smallest absolute Gasteiger partial charge is 0.407 e. The molecule has 0 aromatic carbocycles. The Morgan fingerprint density at radius 3 is 2.38 bits per heavy atom. The molecule has 1 heterocycles. The van der Waals surface area contributed by atoms with Crippen LogP contribution in [0.25, 0.3) is 0 Å². The summed E-state index contributed by atoms with van der Waals surface area (Å²) in [6.45, 7) is 9.68. The molecule has 3 aliphatic rings. The van der Waals surface area contributed by atoms with Gasteiger partial charge in [0.05, 0.1) is 5.03 Å². The summed E-state index contributed by atoms with van der Waals surface area (Å²) in [5, 5.41) is 3.68. The Labute approximate surface area is 161 Å². The number of allylic oxidation sites excluding steroid dienone is 2. The predicted octanol–water partition coefficient (Wildman–Crippen LogP) is 4.65. The maximum Gasteiger partial charge on any atom is 0.407 e. The molecule has 0 aromatic rings. The largest absolute Gasteiger partial charge is 0.444 e. The van der Waals surface area contributed by atoms with E-state index in [2.05, 4.69) is 5.32 Å². The van der Waals surface area contributed by atoms with Crippen LogP contribution in [0.15, 0.2) is 22.8 Å². The van der Waals surface area contributed by atoms with E-state index in [1.165, 1.54) is 0 Å². The van der Waals surface area contributed by atoms with Crippen LogP contribution in [0, 0.1) is 5.92 Å². The number of hydrogen-bond acceptors (Lipinski definition) is 4. The number of amides is 1. The van der Waals surface area contributed by atoms with Crippen LogP contribution in [0.1, 0.15) is 60.3 Å². The van der Waals surface area contributed by atoms with Gasteiger partial charge in [-0.1, -0.05) is 17.7 Å². The summed E-state index contributed by atoms with van der Waals surface area (Å²) in [6, 6.07) is 0.137. The third-order valence-electron chi connectivity index (χ3n) is 5.41. The first-order valence-electron chi connectivity index (χ1n) is 9.46. The van der Waals surface area contributed by atoms with Crippen LogP contribution in [0.5, 0.6) is 0 Å². The third kappa shape index (κ3) is 4.26. The van der Waals surface area contributed by atoms with Crippen molar-refractivity contribution in [1.29, 1.82) is 0 Å². The molecule has 0 bridgehead atoms. The Bertz CT molecular complexity index is 588. The summed E-state index contributed by atoms with van der Waals surface area (Å²) in [6.07, 6.45) is 6.89. The number of alkyl carbamates (subject to hydrolysis) is 1. The van der Waals surface area contributed by atoms with Gasteiger partial charge in [0.2, 0.25) is 0 Å². The average molecular weight is 384 g/mol. The van der Waals surface area contributed by atoms with Crippen LogP contribution in [0.4, 0.5) is 4.79 Å². The van der Waals surface area contributed by atoms with Gasteiger partial charge in [0.25, 0.3) is 0 Å². The highest BCUT2D eigenvalue weighted by molar-refractivity contribution is 6.30. The molecule has 3 rings (SSSR count). The summed E-state index contributed by atoms with van der Waals surface area (Å²) >= 11 is 6.33. The minimum Gasteiger partial charge on any atom is -0.444 e. The molecule has 0 radical (unpaired) electrons. The number of carbonyl (C=O) groups is 1. The van der Waals surface area contributed by atoms with Crippen LogP contribution in [-0.4, -0.2) is 35.7 Å². The maximum absolute atomic E-state index is 12.0. The highest BCUT2D eigenvalue weighted by Gasteiger charge is 2.51. The number of halogens is 1. The van der Waals surface area contributed by atoms with Crippen molar-refractivity contribution >= 4 is 17.7 Å². The van der Waals surface area contributed by atoms with E-state index in [4.69, 9.17) is 25.8 Å². The molecular weight excluding hydrogens is 354 g/mol. The number of rotatable bonds is 2. The number of nitrogens with one attached hydrogen (secondary N) is 1. The molecule has 5 nitrogen and oxygen atoms in total. The van der Waals surface area contributed by atoms with Gasteiger partial charge < -0.3 is 19.5 Å². The normalized spacial score (nSPS) is 37.5. The average Bonchev–Trinajstić information content (AvgIpc) is 2.90. The van der Waals surface area contributed by atoms with Gasteiger partial charge >= 0.3 is 6.09 Å². The lowest BCUT2D eigenvalue weighted by atomic mass is 9.81. The van der Waals surface area contributed by atoms with Gasteiger partial charge in [-0.05, 0) is 72.0 Å². The summed E-state index contributed by atoms with van der Waals surface area (Å²) in [4.78, 5) is 12.0. The van der Waals surface area contributed by atoms with Crippen molar-refractivity contribution in [3.63, 3.8) is 0 Å². The van der Waals surface area contributed by atoms with Crippen LogP contribution in [0.2, 0.25) is 0 Å². The second kappa shape index (κ2) is 7.17. The Balaban J connectivity index is 1.55. The molecule has 0 spiro atoms. The van der Waals surface area contributed by atoms with Gasteiger partial charge in [0.15, 0.2) is 5.79 Å². The highest BCUT2D eigenvalue weighted by Crippen LogP contribution is 2.46. The molecule has 146 valence electrons. The van der Waals surface area contributed by atoms with Crippen molar-refractivity contribution in [3.05, 3.63) is 22.8 Å². The van der Waals surface area contributed by atoms with E-state index in [0.717, 1.165) is 31.3 Å². The molecular formula is C20H30ClNO4. The summed E-state index contributed by atoms with van der Waals surface area (Å²) < 4.78 is 18.0. The second-order valence-corrected chi connectivity index (χ2v) is 9.19. The molecule has 1 amide bonds. The fourth-order valence-electron chi connectivity index (χ4n) is 4.02. The first-order valence-corrected chi connectivity index (χ1v) is 9.84. The zero-order valence-electron chi connectivity index (χ0n) is 16.3. The summed E-state index contributed by atoms with van der Waals surface area (Å²) in [5.74, 6) is -0.360. The Morgan fingerprint density at radius 1 is 1.19 bits per heavy atom. The van der Waals surface area contributed by atoms with Gasteiger partial charge in [-0.15, -0.1) is 0 Å². The molecule has 1 N–H and O–H groups in total. The zero-order chi connectivity index (χ0) is 19.1. The van der Waals surface area contributed by atoms with E-state index in [0.29, 0.717) is 5.03 Å². The predicted molar refractivity (Wildman–Crippen MR) is 101 cm³/mol. The van der Waals surface area contributed by atoms with Crippen LogP contribution < -0.4 is 5.32 Å². The van der Waals surface area contributed by atoms with Gasteiger partial charge in [-0.25, -0.2) is 4.79 Å². The molecule has 2 fully saturated rings. The van der Waals surface area contributed by atoms with E-state index in [1.807, 2.05) is 46.8 Å². The number of carbonyl (C=O) groups excluding carboxylic acids is 1. The first kappa shape index (κ1) is 19.7. The molecule has 1 aliphatic heterocycles. The van der Waals surface area contributed by atoms with Crippen molar-refractivity contribution in [2.45, 2.75) is 89.9 Å². The van der Waals surface area contributed by atoms with Gasteiger partial charge in [-0.2, -0.15) is 0 Å². The van der Waals surface area contributed by atoms with Crippen molar-refractivity contribution < 1.29 is 19.0 Å². The number of fused-ring (bicyclic) bond motifs is 1. The third-order valence-corrected chi connectivity index (χ3v) is 5.75. The Hall–Kier alpha value is -1.04. The summed E-state index contributed by atoms with van der Waals surface area (Å²) in [7, 11) is 0. The first-order chi connectivity index (χ1) is 12.1. The van der Waals surface area contributed by atoms with E-state index < -0.39 is 11.4 Å². The van der Waals surface area contributed by atoms with E-state index in [-0.39, 0.29) is 30.3 Å². The van der Waals surface area contributed by atoms with E-state index in [9.17, 15) is 4.79 Å². The maximum atomic E-state index is 12.0. The van der Waals surface area contributed by atoms with E-state index >= 15 is 0 Å². The minimum atomic E-state index is -0.639. The fraction of sp³-hybridized carbons (Fsp3) is 0.750. The molecule has 0 aromatic heterocycles. The molecule has 2 aliphatic carbocycles. The van der Waals surface area contributed by atoms with Gasteiger partial charge in [-0.3, -0.25) is 0 Å². The number of hydrogen-bond donors (Lipinski definition) is 1. The quantitative estimate of drug-likeness (QED) is 0.753. The van der Waals surface area contributed by atoms with Crippen LogP contribution in [-0.2, 0) is 14.2 Å². The standard InChI is InChI=1S/C20H30ClNO4/c1-12-6-11-15(21)17-16(12)24-20(5,25-17)13-7-9-14(10-8-13)22-18(23)26-19(2,3)4/h6,11,13-14,16-17H,7-10H2,1-5H3,(H,22,23)/t13-,14-,16?,17?,20-/m0/s1. The van der Waals surface area contributed by atoms with Crippen LogP contribution >= 0.6 is 11.6 Å². The van der Waals surface area contributed by atoms with Crippen molar-refractivity contribution in [3.8, 4) is 0 Å². The van der Waals surface area contributed by atoms with Crippen molar-refractivity contribution in [1.82, 2.24) is 5.32 Å². The van der Waals surface area contributed by atoms with Gasteiger partial charge in [0, 0.05) is 12.0 Å². The molecule has 26 heavy (non-hydrogen) atoms. The lowest BCUT2D eigenvalue weighted by Crippen LogP contribution is -2.45. The van der Waals surface area contributed by atoms with Crippen molar-refractivity contribution in [2.24, 2.45) is 5.92 Å². The second-order valence-electron chi connectivity index (χ2n) is 8.75. The molecule has 6 heteroatoms.